The molecule has 1 nitrogen and oxygen atoms in total. The second kappa shape index (κ2) is 5.16. The first-order valence-electron chi connectivity index (χ1n) is 6.17. The fraction of sp³-hybridized carbons (Fsp3) is 0.0588. The van der Waals surface area contributed by atoms with E-state index in [-0.39, 0.29) is 0 Å². The summed E-state index contributed by atoms with van der Waals surface area (Å²) < 4.78 is 0.976. The fourth-order valence-electron chi connectivity index (χ4n) is 2.35. The minimum Gasteiger partial charge on any atom is -0.384 e. The van der Waals surface area contributed by atoms with Crippen LogP contribution in [-0.4, -0.2) is 5.11 Å². The van der Waals surface area contributed by atoms with E-state index in [1.807, 2.05) is 54.6 Å². The standard InChI is InChI=1S/C17H13BrO/c18-14-8-3-7-13(11-14)17(19)16-10-4-6-12-5-1-2-9-15(12)16/h1-11,17,19H. The van der Waals surface area contributed by atoms with Crippen LogP contribution in [0.4, 0.5) is 0 Å². The quantitative estimate of drug-likeness (QED) is 0.728. The van der Waals surface area contributed by atoms with E-state index in [9.17, 15) is 5.11 Å². The van der Waals surface area contributed by atoms with Gasteiger partial charge in [-0.05, 0) is 34.0 Å². The highest BCUT2D eigenvalue weighted by Crippen LogP contribution is 2.29. The topological polar surface area (TPSA) is 20.2 Å². The third kappa shape index (κ3) is 2.42. The Hall–Kier alpha value is -1.64. The molecule has 1 N–H and O–H groups in total. The zero-order chi connectivity index (χ0) is 13.2. The van der Waals surface area contributed by atoms with Crippen molar-refractivity contribution in [2.75, 3.05) is 0 Å². The number of benzene rings is 3. The van der Waals surface area contributed by atoms with Crippen molar-refractivity contribution >= 4 is 26.7 Å². The molecule has 0 spiro atoms. The second-order valence-corrected chi connectivity index (χ2v) is 5.44. The summed E-state index contributed by atoms with van der Waals surface area (Å²) in [6.07, 6.45) is -0.608. The Kier molecular flexibility index (Phi) is 3.36. The van der Waals surface area contributed by atoms with Crippen molar-refractivity contribution in [1.29, 1.82) is 0 Å². The molecule has 0 saturated heterocycles. The lowest BCUT2D eigenvalue weighted by Gasteiger charge is -2.14. The van der Waals surface area contributed by atoms with Gasteiger partial charge in [0.25, 0.3) is 0 Å². The molecule has 0 bridgehead atoms. The summed E-state index contributed by atoms with van der Waals surface area (Å²) in [6.45, 7) is 0. The Balaban J connectivity index is 2.14. The number of aliphatic hydroxyl groups excluding tert-OH is 1. The molecule has 0 heterocycles. The van der Waals surface area contributed by atoms with Crippen LogP contribution in [0.25, 0.3) is 10.8 Å². The summed E-state index contributed by atoms with van der Waals surface area (Å²) in [5.41, 5.74) is 1.84. The molecule has 0 aromatic heterocycles. The van der Waals surface area contributed by atoms with Gasteiger partial charge in [-0.2, -0.15) is 0 Å². The van der Waals surface area contributed by atoms with Crippen molar-refractivity contribution in [3.63, 3.8) is 0 Å². The van der Waals surface area contributed by atoms with Crippen molar-refractivity contribution in [2.24, 2.45) is 0 Å². The highest BCUT2D eigenvalue weighted by atomic mass is 79.9. The molecule has 19 heavy (non-hydrogen) atoms. The minimum atomic E-state index is -0.608. The molecule has 3 aromatic rings. The molecule has 0 aliphatic heterocycles. The van der Waals surface area contributed by atoms with Crippen LogP contribution in [0.5, 0.6) is 0 Å². The van der Waals surface area contributed by atoms with Crippen molar-refractivity contribution < 1.29 is 5.11 Å². The van der Waals surface area contributed by atoms with Gasteiger partial charge in [0.05, 0.1) is 0 Å². The van der Waals surface area contributed by atoms with Crippen LogP contribution in [0.2, 0.25) is 0 Å². The van der Waals surface area contributed by atoms with Gasteiger partial charge < -0.3 is 5.11 Å². The molecular weight excluding hydrogens is 300 g/mol. The van der Waals surface area contributed by atoms with Crippen LogP contribution in [-0.2, 0) is 0 Å². The summed E-state index contributed by atoms with van der Waals surface area (Å²) in [5, 5.41) is 12.8. The highest BCUT2D eigenvalue weighted by molar-refractivity contribution is 9.10. The van der Waals surface area contributed by atoms with E-state index < -0.39 is 6.10 Å². The average molecular weight is 313 g/mol. The first-order valence-corrected chi connectivity index (χ1v) is 6.96. The molecule has 2 heteroatoms. The lowest BCUT2D eigenvalue weighted by atomic mass is 9.96. The first kappa shape index (κ1) is 12.4. The number of halogens is 1. The smallest absolute Gasteiger partial charge is 0.105 e. The zero-order valence-electron chi connectivity index (χ0n) is 10.3. The van der Waals surface area contributed by atoms with Crippen LogP contribution >= 0.6 is 15.9 Å². The highest BCUT2D eigenvalue weighted by Gasteiger charge is 2.13. The van der Waals surface area contributed by atoms with Gasteiger partial charge in [-0.1, -0.05) is 70.5 Å². The molecule has 0 fully saturated rings. The molecule has 0 aliphatic carbocycles. The van der Waals surface area contributed by atoms with Gasteiger partial charge in [0.2, 0.25) is 0 Å². The van der Waals surface area contributed by atoms with Gasteiger partial charge in [0.1, 0.15) is 6.10 Å². The van der Waals surface area contributed by atoms with E-state index in [0.29, 0.717) is 0 Å². The molecular formula is C17H13BrO. The summed E-state index contributed by atoms with van der Waals surface area (Å²) in [5.74, 6) is 0. The number of hydrogen-bond acceptors (Lipinski definition) is 1. The Labute approximate surface area is 120 Å². The van der Waals surface area contributed by atoms with Crippen molar-refractivity contribution in [3.05, 3.63) is 82.3 Å². The third-order valence-electron chi connectivity index (χ3n) is 3.28. The van der Waals surface area contributed by atoms with Gasteiger partial charge in [-0.3, -0.25) is 0 Å². The first-order chi connectivity index (χ1) is 9.25. The summed E-state index contributed by atoms with van der Waals surface area (Å²) >= 11 is 3.44. The summed E-state index contributed by atoms with van der Waals surface area (Å²) in [4.78, 5) is 0. The molecule has 1 unspecified atom stereocenters. The number of rotatable bonds is 2. The van der Waals surface area contributed by atoms with Crippen LogP contribution in [0.1, 0.15) is 17.2 Å². The monoisotopic (exact) mass is 312 g/mol. The summed E-state index contributed by atoms with van der Waals surface area (Å²) in [7, 11) is 0. The molecule has 0 saturated carbocycles. The van der Waals surface area contributed by atoms with Crippen molar-refractivity contribution in [3.8, 4) is 0 Å². The van der Waals surface area contributed by atoms with Crippen molar-refractivity contribution in [2.45, 2.75) is 6.10 Å². The van der Waals surface area contributed by atoms with E-state index in [0.717, 1.165) is 26.4 Å². The van der Waals surface area contributed by atoms with E-state index >= 15 is 0 Å². The van der Waals surface area contributed by atoms with E-state index in [1.165, 1.54) is 0 Å². The van der Waals surface area contributed by atoms with Crippen LogP contribution < -0.4 is 0 Å². The largest absolute Gasteiger partial charge is 0.384 e. The Morgan fingerprint density at radius 1 is 0.842 bits per heavy atom. The Bertz CT molecular complexity index is 716. The minimum absolute atomic E-state index is 0.608. The molecule has 3 aromatic carbocycles. The predicted molar refractivity (Wildman–Crippen MR) is 82.2 cm³/mol. The van der Waals surface area contributed by atoms with Crippen LogP contribution in [0.15, 0.2) is 71.2 Å². The Morgan fingerprint density at radius 3 is 2.42 bits per heavy atom. The van der Waals surface area contributed by atoms with Crippen molar-refractivity contribution in [1.82, 2.24) is 0 Å². The van der Waals surface area contributed by atoms with Gasteiger partial charge >= 0.3 is 0 Å². The molecule has 94 valence electrons. The lowest BCUT2D eigenvalue weighted by Crippen LogP contribution is -2.00. The molecule has 1 atom stereocenters. The molecule has 0 amide bonds. The maximum Gasteiger partial charge on any atom is 0.105 e. The maximum absolute atomic E-state index is 10.6. The van der Waals surface area contributed by atoms with Gasteiger partial charge in [0, 0.05) is 4.47 Å². The van der Waals surface area contributed by atoms with Crippen LogP contribution in [0.3, 0.4) is 0 Å². The van der Waals surface area contributed by atoms with Crippen LogP contribution in [0, 0.1) is 0 Å². The van der Waals surface area contributed by atoms with Gasteiger partial charge in [0.15, 0.2) is 0 Å². The lowest BCUT2D eigenvalue weighted by molar-refractivity contribution is 0.222. The summed E-state index contributed by atoms with van der Waals surface area (Å²) in [6, 6.07) is 21.9. The predicted octanol–water partition coefficient (Wildman–Crippen LogP) is 4.68. The molecule has 0 aliphatic rings. The normalized spacial score (nSPS) is 12.5. The maximum atomic E-state index is 10.6. The molecule has 3 rings (SSSR count). The zero-order valence-corrected chi connectivity index (χ0v) is 11.8. The third-order valence-corrected chi connectivity index (χ3v) is 3.78. The van der Waals surface area contributed by atoms with Gasteiger partial charge in [-0.15, -0.1) is 0 Å². The number of aliphatic hydroxyl groups is 1. The van der Waals surface area contributed by atoms with E-state index in [4.69, 9.17) is 0 Å². The SMILES string of the molecule is OC(c1cccc(Br)c1)c1cccc2ccccc12. The Morgan fingerprint density at radius 2 is 1.58 bits per heavy atom. The second-order valence-electron chi connectivity index (χ2n) is 4.53. The molecule has 0 radical (unpaired) electrons. The fourth-order valence-corrected chi connectivity index (χ4v) is 2.76. The number of hydrogen-bond donors (Lipinski definition) is 1. The van der Waals surface area contributed by atoms with E-state index in [2.05, 4.69) is 28.1 Å². The van der Waals surface area contributed by atoms with E-state index in [1.54, 1.807) is 0 Å². The number of fused-ring (bicyclic) bond motifs is 1. The van der Waals surface area contributed by atoms with Gasteiger partial charge in [-0.25, -0.2) is 0 Å². The average Bonchev–Trinajstić information content (AvgIpc) is 2.46.